The second kappa shape index (κ2) is 13.1. The first-order valence-electron chi connectivity index (χ1n) is 16.3. The number of hydrogen-bond donors (Lipinski definition) is 0. The fourth-order valence-corrected chi connectivity index (χ4v) is 7.94. The number of thiazole rings is 1. The fraction of sp³-hybridized carbons (Fsp3) is 0.200. The molecule has 0 saturated carbocycles. The van der Waals surface area contributed by atoms with Gasteiger partial charge in [-0.05, 0) is 61.4 Å². The molecule has 3 heterocycles. The number of para-hydroxylation sites is 1. The number of methoxy groups -OCH3 is 1. The molecule has 4 aromatic carbocycles. The molecule has 6 aromatic rings. The molecular formula is C40H35N5O3S. The molecule has 1 atom stereocenters. The zero-order valence-electron chi connectivity index (χ0n) is 27.8. The molecule has 1 aliphatic heterocycles. The lowest BCUT2D eigenvalue weighted by molar-refractivity contribution is -0.127. The number of allylic oxidation sites excluding steroid dienone is 1. The number of carbonyl (C=O) groups is 1. The van der Waals surface area contributed by atoms with Gasteiger partial charge in [-0.25, -0.2) is 4.99 Å². The summed E-state index contributed by atoms with van der Waals surface area (Å²) in [5, 5.41) is 12.6. The maximum Gasteiger partial charge on any atom is 0.271 e. The van der Waals surface area contributed by atoms with E-state index in [9.17, 15) is 14.9 Å². The number of fused-ring (bicyclic) bond motifs is 3. The van der Waals surface area contributed by atoms with Gasteiger partial charge in [-0.1, -0.05) is 78.1 Å². The van der Waals surface area contributed by atoms with Crippen LogP contribution in [-0.4, -0.2) is 40.1 Å². The van der Waals surface area contributed by atoms with Crippen LogP contribution in [0.15, 0.2) is 112 Å². The average Bonchev–Trinajstić information content (AvgIpc) is 3.63. The Morgan fingerprint density at radius 1 is 1.00 bits per heavy atom. The Bertz CT molecular complexity index is 2530. The molecule has 7 rings (SSSR count). The van der Waals surface area contributed by atoms with E-state index in [0.29, 0.717) is 51.6 Å². The second-order valence-electron chi connectivity index (χ2n) is 12.0. The number of rotatable bonds is 8. The van der Waals surface area contributed by atoms with Gasteiger partial charge in [0.25, 0.3) is 11.5 Å². The second-order valence-corrected chi connectivity index (χ2v) is 13.0. The van der Waals surface area contributed by atoms with E-state index < -0.39 is 6.04 Å². The van der Waals surface area contributed by atoms with Crippen LogP contribution in [0.4, 0.5) is 0 Å². The van der Waals surface area contributed by atoms with E-state index in [1.165, 1.54) is 11.3 Å². The molecule has 0 aliphatic carbocycles. The van der Waals surface area contributed by atoms with Crippen molar-refractivity contribution in [2.75, 3.05) is 20.2 Å². The van der Waals surface area contributed by atoms with Crippen LogP contribution in [0, 0.1) is 11.3 Å². The molecular weight excluding hydrogens is 631 g/mol. The lowest BCUT2D eigenvalue weighted by Gasteiger charge is -2.30. The maximum atomic E-state index is 14.7. The van der Waals surface area contributed by atoms with E-state index in [4.69, 9.17) is 9.73 Å². The molecule has 1 amide bonds. The highest BCUT2D eigenvalue weighted by Crippen LogP contribution is 2.40. The molecule has 0 spiro atoms. The minimum absolute atomic E-state index is 0.152. The van der Waals surface area contributed by atoms with Gasteiger partial charge in [0.15, 0.2) is 4.80 Å². The molecule has 9 heteroatoms. The van der Waals surface area contributed by atoms with Crippen LogP contribution >= 0.6 is 11.3 Å². The molecule has 244 valence electrons. The van der Waals surface area contributed by atoms with E-state index in [0.717, 1.165) is 38.4 Å². The van der Waals surface area contributed by atoms with E-state index in [-0.39, 0.29) is 11.5 Å². The summed E-state index contributed by atoms with van der Waals surface area (Å²) in [7, 11) is 1.62. The Morgan fingerprint density at radius 2 is 1.71 bits per heavy atom. The minimum Gasteiger partial charge on any atom is -0.496 e. The Kier molecular flexibility index (Phi) is 8.49. The zero-order valence-corrected chi connectivity index (χ0v) is 28.6. The highest BCUT2D eigenvalue weighted by Gasteiger charge is 2.36. The predicted octanol–water partition coefficient (Wildman–Crippen LogP) is 6.14. The summed E-state index contributed by atoms with van der Waals surface area (Å²) in [6.07, 6.45) is 3.95. The Morgan fingerprint density at radius 3 is 2.47 bits per heavy atom. The van der Waals surface area contributed by atoms with Gasteiger partial charge < -0.3 is 14.2 Å². The van der Waals surface area contributed by atoms with Gasteiger partial charge >= 0.3 is 0 Å². The number of benzene rings is 4. The van der Waals surface area contributed by atoms with Crippen LogP contribution in [-0.2, 0) is 11.3 Å². The molecule has 0 N–H and O–H groups in total. The zero-order chi connectivity index (χ0) is 34.2. The van der Waals surface area contributed by atoms with Gasteiger partial charge in [-0.2, -0.15) is 5.26 Å². The van der Waals surface area contributed by atoms with Crippen molar-refractivity contribution in [2.45, 2.75) is 33.4 Å². The molecule has 0 bridgehead atoms. The largest absolute Gasteiger partial charge is 0.496 e. The van der Waals surface area contributed by atoms with Gasteiger partial charge in [0.05, 0.1) is 34.5 Å². The normalized spacial score (nSPS) is 14.5. The number of aromatic nitrogens is 2. The van der Waals surface area contributed by atoms with Crippen LogP contribution < -0.4 is 19.6 Å². The first-order chi connectivity index (χ1) is 23.9. The highest BCUT2D eigenvalue weighted by atomic mass is 32.1. The van der Waals surface area contributed by atoms with Gasteiger partial charge in [-0.15, -0.1) is 0 Å². The van der Waals surface area contributed by atoms with Crippen molar-refractivity contribution in [1.82, 2.24) is 14.0 Å². The van der Waals surface area contributed by atoms with Gasteiger partial charge in [0.2, 0.25) is 0 Å². The van der Waals surface area contributed by atoms with Crippen molar-refractivity contribution < 1.29 is 9.53 Å². The minimum atomic E-state index is -0.753. The van der Waals surface area contributed by atoms with Crippen LogP contribution in [0.3, 0.4) is 0 Å². The predicted molar refractivity (Wildman–Crippen MR) is 194 cm³/mol. The lowest BCUT2D eigenvalue weighted by atomic mass is 9.90. The number of amides is 1. The van der Waals surface area contributed by atoms with Crippen molar-refractivity contribution >= 4 is 45.0 Å². The summed E-state index contributed by atoms with van der Waals surface area (Å²) in [6.45, 7) is 7.32. The average molecular weight is 666 g/mol. The third-order valence-corrected chi connectivity index (χ3v) is 10.3. The maximum absolute atomic E-state index is 14.7. The number of nitrogens with zero attached hydrogens (tertiary/aromatic N) is 5. The summed E-state index contributed by atoms with van der Waals surface area (Å²) >= 11 is 1.32. The summed E-state index contributed by atoms with van der Waals surface area (Å²) < 4.78 is 10.2. The first-order valence-corrected chi connectivity index (χ1v) is 17.1. The summed E-state index contributed by atoms with van der Waals surface area (Å²) in [5.74, 6) is 0.444. The smallest absolute Gasteiger partial charge is 0.271 e. The third-order valence-electron chi connectivity index (χ3n) is 9.31. The van der Waals surface area contributed by atoms with Crippen molar-refractivity contribution in [1.29, 1.82) is 5.26 Å². The van der Waals surface area contributed by atoms with Crippen molar-refractivity contribution in [3.8, 4) is 11.8 Å². The highest BCUT2D eigenvalue weighted by molar-refractivity contribution is 7.07. The molecule has 0 saturated heterocycles. The third kappa shape index (κ3) is 5.44. The molecule has 2 aromatic heterocycles. The van der Waals surface area contributed by atoms with E-state index in [1.807, 2.05) is 118 Å². The van der Waals surface area contributed by atoms with Crippen molar-refractivity contribution in [3.05, 3.63) is 144 Å². The number of ether oxygens (including phenoxy) is 1. The van der Waals surface area contributed by atoms with Crippen molar-refractivity contribution in [3.63, 3.8) is 0 Å². The standard InChI is InChI=1S/C40H35N5O3S/c1-5-43(6-2)39(47)35-25(3)42-40-45(37(35)36-31-17-10-9-13-26(31)19-20-33(36)48-4)38(46)34(49-40)21-29-24-44(32-18-12-11-16-30(29)32)23-28-15-8-7-14-27(28)22-41/h7-21,24,37H,5-6,23H2,1-4H3/b34-21+/t37-/m0/s1. The lowest BCUT2D eigenvalue weighted by Crippen LogP contribution is -2.43. The number of nitriles is 1. The first kappa shape index (κ1) is 31.9. The van der Waals surface area contributed by atoms with Crippen LogP contribution in [0.2, 0.25) is 0 Å². The molecule has 49 heavy (non-hydrogen) atoms. The monoisotopic (exact) mass is 665 g/mol. The van der Waals surface area contributed by atoms with Crippen LogP contribution in [0.5, 0.6) is 5.75 Å². The quantitative estimate of drug-likeness (QED) is 0.195. The summed E-state index contributed by atoms with van der Waals surface area (Å²) in [6, 6.07) is 29.1. The molecule has 0 fully saturated rings. The molecule has 0 radical (unpaired) electrons. The van der Waals surface area contributed by atoms with Gasteiger partial charge in [0, 0.05) is 47.9 Å². The topological polar surface area (TPSA) is 92.6 Å². The summed E-state index contributed by atoms with van der Waals surface area (Å²) in [4.78, 5) is 36.2. The van der Waals surface area contributed by atoms with Crippen LogP contribution in [0.1, 0.15) is 49.1 Å². The van der Waals surface area contributed by atoms with Gasteiger partial charge in [0.1, 0.15) is 11.8 Å². The molecule has 1 aliphatic rings. The van der Waals surface area contributed by atoms with E-state index in [1.54, 1.807) is 16.6 Å². The number of likely N-dealkylation sites (N-methyl/N-ethyl adjacent to an activating group) is 1. The molecule has 8 nitrogen and oxygen atoms in total. The Balaban J connectivity index is 1.46. The Hall–Kier alpha value is -5.72. The fourth-order valence-electron chi connectivity index (χ4n) is 6.90. The summed E-state index contributed by atoms with van der Waals surface area (Å²) in [5.41, 5.74) is 4.99. The number of hydrogen-bond acceptors (Lipinski definition) is 6. The SMILES string of the molecule is CCN(CC)C(=O)C1=C(C)N=c2s/c(=C/c3cn(Cc4ccccc4C#N)c4ccccc34)c(=O)n2[C@@H]1c1c(OC)ccc2ccccc12. The Labute approximate surface area is 287 Å². The number of carbonyl (C=O) groups excluding carboxylic acids is 1. The van der Waals surface area contributed by atoms with E-state index >= 15 is 0 Å². The van der Waals surface area contributed by atoms with Crippen LogP contribution in [0.25, 0.3) is 27.8 Å². The van der Waals surface area contributed by atoms with Crippen molar-refractivity contribution in [2.24, 2.45) is 4.99 Å². The van der Waals surface area contributed by atoms with E-state index in [2.05, 4.69) is 10.6 Å². The molecule has 0 unspecified atom stereocenters. The van der Waals surface area contributed by atoms with Gasteiger partial charge in [-0.3, -0.25) is 14.2 Å².